The second kappa shape index (κ2) is 8.60. The van der Waals surface area contributed by atoms with Gasteiger partial charge in [-0.25, -0.2) is 0 Å². The number of hydrogen-bond acceptors (Lipinski definition) is 4. The number of para-hydroxylation sites is 2. The second-order valence-electron chi connectivity index (χ2n) is 6.03. The normalized spacial score (nSPS) is 16.8. The Morgan fingerprint density at radius 2 is 2.04 bits per heavy atom. The zero-order valence-corrected chi connectivity index (χ0v) is 14.2. The van der Waals surface area contributed by atoms with Gasteiger partial charge in [0.05, 0.1) is 11.8 Å². The molecule has 1 atom stereocenters. The monoisotopic (exact) mass is 327 g/mol. The highest BCUT2D eigenvalue weighted by molar-refractivity contribution is 5.56. The van der Waals surface area contributed by atoms with Gasteiger partial charge in [-0.3, -0.25) is 0 Å². The standard InChI is InChI=1S/C20H25NO3/c1-16-6-4-7-17(14-16)23-13-11-21-19-9-2-3-10-20(19)24-15-18-8-5-12-22-18/h2-4,6-7,9-10,14,18,21H,5,8,11-13,15H2,1H3. The third-order valence-corrected chi connectivity index (χ3v) is 4.01. The van der Waals surface area contributed by atoms with E-state index in [4.69, 9.17) is 14.2 Å². The van der Waals surface area contributed by atoms with Gasteiger partial charge < -0.3 is 19.5 Å². The molecule has 0 spiro atoms. The number of anilines is 1. The summed E-state index contributed by atoms with van der Waals surface area (Å²) in [5, 5.41) is 3.38. The number of aryl methyl sites for hydroxylation is 1. The lowest BCUT2D eigenvalue weighted by atomic mass is 10.2. The third-order valence-electron chi connectivity index (χ3n) is 4.01. The van der Waals surface area contributed by atoms with E-state index in [0.717, 1.165) is 36.6 Å². The molecule has 1 heterocycles. The maximum atomic E-state index is 5.92. The van der Waals surface area contributed by atoms with Crippen LogP contribution in [0.1, 0.15) is 18.4 Å². The van der Waals surface area contributed by atoms with Gasteiger partial charge in [0, 0.05) is 13.2 Å². The molecule has 0 saturated carbocycles. The molecule has 0 amide bonds. The highest BCUT2D eigenvalue weighted by Gasteiger charge is 2.16. The topological polar surface area (TPSA) is 39.7 Å². The van der Waals surface area contributed by atoms with Crippen LogP contribution in [0.15, 0.2) is 48.5 Å². The molecule has 4 nitrogen and oxygen atoms in total. The molecule has 128 valence electrons. The van der Waals surface area contributed by atoms with E-state index >= 15 is 0 Å². The fraction of sp³-hybridized carbons (Fsp3) is 0.400. The van der Waals surface area contributed by atoms with E-state index in [1.165, 1.54) is 5.56 Å². The molecule has 1 fully saturated rings. The summed E-state index contributed by atoms with van der Waals surface area (Å²) in [6.45, 7) is 4.84. The first kappa shape index (κ1) is 16.7. The van der Waals surface area contributed by atoms with Crippen LogP contribution in [0.3, 0.4) is 0 Å². The van der Waals surface area contributed by atoms with Gasteiger partial charge in [-0.15, -0.1) is 0 Å². The van der Waals surface area contributed by atoms with Crippen molar-refractivity contribution in [3.05, 3.63) is 54.1 Å². The molecule has 1 unspecified atom stereocenters. The lowest BCUT2D eigenvalue weighted by Crippen LogP contribution is -2.17. The first-order valence-electron chi connectivity index (χ1n) is 8.58. The van der Waals surface area contributed by atoms with Gasteiger partial charge in [-0.2, -0.15) is 0 Å². The molecule has 3 rings (SSSR count). The van der Waals surface area contributed by atoms with Crippen LogP contribution in [0.25, 0.3) is 0 Å². The maximum absolute atomic E-state index is 5.92. The largest absolute Gasteiger partial charge is 0.492 e. The summed E-state index contributed by atoms with van der Waals surface area (Å²) in [4.78, 5) is 0. The lowest BCUT2D eigenvalue weighted by Gasteiger charge is -2.16. The fourth-order valence-electron chi connectivity index (χ4n) is 2.76. The minimum atomic E-state index is 0.225. The van der Waals surface area contributed by atoms with E-state index in [0.29, 0.717) is 19.8 Å². The number of rotatable bonds is 8. The van der Waals surface area contributed by atoms with E-state index in [9.17, 15) is 0 Å². The van der Waals surface area contributed by atoms with Crippen molar-refractivity contribution in [2.75, 3.05) is 31.7 Å². The van der Waals surface area contributed by atoms with Gasteiger partial charge in [0.25, 0.3) is 0 Å². The first-order valence-corrected chi connectivity index (χ1v) is 8.58. The Balaban J connectivity index is 1.46. The average molecular weight is 327 g/mol. The highest BCUT2D eigenvalue weighted by atomic mass is 16.5. The Kier molecular flexibility index (Phi) is 5.96. The van der Waals surface area contributed by atoms with Crippen LogP contribution < -0.4 is 14.8 Å². The van der Waals surface area contributed by atoms with Gasteiger partial charge in [-0.1, -0.05) is 24.3 Å². The van der Waals surface area contributed by atoms with Crippen molar-refractivity contribution in [1.82, 2.24) is 0 Å². The van der Waals surface area contributed by atoms with Crippen LogP contribution in [0.4, 0.5) is 5.69 Å². The number of hydrogen-bond donors (Lipinski definition) is 1. The summed E-state index contributed by atoms with van der Waals surface area (Å²) in [5.74, 6) is 1.77. The van der Waals surface area contributed by atoms with Crippen LogP contribution in [0.5, 0.6) is 11.5 Å². The molecule has 2 aromatic rings. The van der Waals surface area contributed by atoms with Crippen LogP contribution in [-0.4, -0.2) is 32.5 Å². The van der Waals surface area contributed by atoms with Gasteiger partial charge in [0.1, 0.15) is 24.7 Å². The minimum absolute atomic E-state index is 0.225. The van der Waals surface area contributed by atoms with Crippen LogP contribution in [-0.2, 0) is 4.74 Å². The average Bonchev–Trinajstić information content (AvgIpc) is 3.11. The van der Waals surface area contributed by atoms with E-state index < -0.39 is 0 Å². The fourth-order valence-corrected chi connectivity index (χ4v) is 2.76. The molecule has 2 aromatic carbocycles. The summed E-state index contributed by atoms with van der Waals surface area (Å²) in [5.41, 5.74) is 2.19. The van der Waals surface area contributed by atoms with Crippen LogP contribution in [0.2, 0.25) is 0 Å². The quantitative estimate of drug-likeness (QED) is 0.743. The summed E-state index contributed by atoms with van der Waals surface area (Å²) in [7, 11) is 0. The number of benzene rings is 2. The molecule has 1 aliphatic rings. The van der Waals surface area contributed by atoms with E-state index in [2.05, 4.69) is 18.3 Å². The SMILES string of the molecule is Cc1cccc(OCCNc2ccccc2OCC2CCCO2)c1. The molecule has 1 N–H and O–H groups in total. The van der Waals surface area contributed by atoms with Crippen molar-refractivity contribution in [2.24, 2.45) is 0 Å². The Morgan fingerprint density at radius 1 is 1.12 bits per heavy atom. The van der Waals surface area contributed by atoms with Crippen molar-refractivity contribution >= 4 is 5.69 Å². The zero-order chi connectivity index (χ0) is 16.6. The molecule has 0 aromatic heterocycles. The van der Waals surface area contributed by atoms with E-state index in [1.807, 2.05) is 42.5 Å². The van der Waals surface area contributed by atoms with E-state index in [-0.39, 0.29) is 6.10 Å². The Hall–Kier alpha value is -2.20. The van der Waals surface area contributed by atoms with E-state index in [1.54, 1.807) is 0 Å². The Morgan fingerprint density at radius 3 is 2.88 bits per heavy atom. The molecular formula is C20H25NO3. The highest BCUT2D eigenvalue weighted by Crippen LogP contribution is 2.25. The summed E-state index contributed by atoms with van der Waals surface area (Å²) >= 11 is 0. The first-order chi connectivity index (χ1) is 11.8. The van der Waals surface area contributed by atoms with Crippen molar-refractivity contribution < 1.29 is 14.2 Å². The summed E-state index contributed by atoms with van der Waals surface area (Å²) in [6, 6.07) is 16.1. The van der Waals surface area contributed by atoms with Crippen molar-refractivity contribution in [3.8, 4) is 11.5 Å². The summed E-state index contributed by atoms with van der Waals surface area (Å²) < 4.78 is 17.3. The molecule has 1 saturated heterocycles. The minimum Gasteiger partial charge on any atom is -0.492 e. The smallest absolute Gasteiger partial charge is 0.142 e. The molecule has 0 aliphatic carbocycles. The van der Waals surface area contributed by atoms with Gasteiger partial charge in [-0.05, 0) is 49.6 Å². The van der Waals surface area contributed by atoms with Crippen LogP contribution in [0, 0.1) is 6.92 Å². The van der Waals surface area contributed by atoms with Gasteiger partial charge >= 0.3 is 0 Å². The number of ether oxygens (including phenoxy) is 3. The second-order valence-corrected chi connectivity index (χ2v) is 6.03. The molecule has 0 radical (unpaired) electrons. The summed E-state index contributed by atoms with van der Waals surface area (Å²) in [6.07, 6.45) is 2.44. The predicted octanol–water partition coefficient (Wildman–Crippen LogP) is 4.04. The molecule has 0 bridgehead atoms. The molecular weight excluding hydrogens is 302 g/mol. The molecule has 4 heteroatoms. The lowest BCUT2D eigenvalue weighted by molar-refractivity contribution is 0.0682. The van der Waals surface area contributed by atoms with Gasteiger partial charge in [0.15, 0.2) is 0 Å². The Bertz CT molecular complexity index is 638. The van der Waals surface area contributed by atoms with Crippen molar-refractivity contribution in [3.63, 3.8) is 0 Å². The number of nitrogens with one attached hydrogen (secondary N) is 1. The Labute approximate surface area is 143 Å². The van der Waals surface area contributed by atoms with Gasteiger partial charge in [0.2, 0.25) is 0 Å². The third kappa shape index (κ3) is 4.90. The molecule has 1 aliphatic heterocycles. The maximum Gasteiger partial charge on any atom is 0.142 e. The van der Waals surface area contributed by atoms with Crippen molar-refractivity contribution in [1.29, 1.82) is 0 Å². The molecule has 24 heavy (non-hydrogen) atoms. The van der Waals surface area contributed by atoms with Crippen LogP contribution >= 0.6 is 0 Å². The zero-order valence-electron chi connectivity index (χ0n) is 14.2. The predicted molar refractivity (Wildman–Crippen MR) is 96.1 cm³/mol. The van der Waals surface area contributed by atoms with Crippen molar-refractivity contribution in [2.45, 2.75) is 25.9 Å².